The van der Waals surface area contributed by atoms with Gasteiger partial charge in [0.1, 0.15) is 17.8 Å². The Balaban J connectivity index is 1.85. The number of benzene rings is 2. The zero-order chi connectivity index (χ0) is 17.8. The highest BCUT2D eigenvalue weighted by molar-refractivity contribution is 6.04. The lowest BCUT2D eigenvalue weighted by Crippen LogP contribution is -2.17. The minimum atomic E-state index is -0.248. The SMILES string of the molecule is Cc1cccc(C)c1NC(=O)c1cc(N(C)c2ccccc2)ncn1. The van der Waals surface area contributed by atoms with Crippen molar-refractivity contribution in [3.05, 3.63) is 77.7 Å². The van der Waals surface area contributed by atoms with Crippen LogP contribution < -0.4 is 10.2 Å². The number of aryl methyl sites for hydroxylation is 2. The van der Waals surface area contributed by atoms with E-state index in [1.165, 1.54) is 6.33 Å². The van der Waals surface area contributed by atoms with E-state index in [1.54, 1.807) is 6.07 Å². The van der Waals surface area contributed by atoms with Gasteiger partial charge in [-0.3, -0.25) is 4.79 Å². The van der Waals surface area contributed by atoms with Crippen LogP contribution in [0.15, 0.2) is 60.9 Å². The third kappa shape index (κ3) is 3.66. The van der Waals surface area contributed by atoms with Crippen LogP contribution in [0.4, 0.5) is 17.2 Å². The van der Waals surface area contributed by atoms with Gasteiger partial charge in [-0.25, -0.2) is 9.97 Å². The van der Waals surface area contributed by atoms with Gasteiger partial charge >= 0.3 is 0 Å². The lowest BCUT2D eigenvalue weighted by Gasteiger charge is -2.18. The first kappa shape index (κ1) is 16.6. The van der Waals surface area contributed by atoms with E-state index in [4.69, 9.17) is 0 Å². The van der Waals surface area contributed by atoms with Gasteiger partial charge in [-0.2, -0.15) is 0 Å². The Bertz CT molecular complexity index is 873. The summed E-state index contributed by atoms with van der Waals surface area (Å²) in [5.74, 6) is 0.412. The van der Waals surface area contributed by atoms with E-state index in [2.05, 4.69) is 15.3 Å². The molecule has 1 aromatic heterocycles. The first-order chi connectivity index (χ1) is 12.1. The normalized spacial score (nSPS) is 10.4. The minimum Gasteiger partial charge on any atom is -0.329 e. The Morgan fingerprint density at radius 1 is 0.960 bits per heavy atom. The molecule has 126 valence electrons. The third-order valence-corrected chi connectivity index (χ3v) is 4.09. The molecule has 5 heteroatoms. The predicted octanol–water partition coefficient (Wildman–Crippen LogP) is 4.11. The Morgan fingerprint density at radius 3 is 2.32 bits per heavy atom. The number of hydrogen-bond donors (Lipinski definition) is 1. The van der Waals surface area contributed by atoms with Gasteiger partial charge in [0.15, 0.2) is 0 Å². The number of anilines is 3. The van der Waals surface area contributed by atoms with E-state index in [-0.39, 0.29) is 5.91 Å². The Hall–Kier alpha value is -3.21. The molecule has 0 spiro atoms. The largest absolute Gasteiger partial charge is 0.329 e. The molecular weight excluding hydrogens is 312 g/mol. The Morgan fingerprint density at radius 2 is 1.64 bits per heavy atom. The van der Waals surface area contributed by atoms with Crippen LogP contribution in [0.2, 0.25) is 0 Å². The van der Waals surface area contributed by atoms with Gasteiger partial charge in [0.25, 0.3) is 5.91 Å². The Labute approximate surface area is 147 Å². The number of hydrogen-bond acceptors (Lipinski definition) is 4. The molecule has 0 fully saturated rings. The first-order valence-corrected chi connectivity index (χ1v) is 8.04. The summed E-state index contributed by atoms with van der Waals surface area (Å²) in [5.41, 5.74) is 4.18. The van der Waals surface area contributed by atoms with E-state index in [1.807, 2.05) is 74.3 Å². The maximum atomic E-state index is 12.6. The van der Waals surface area contributed by atoms with E-state index in [0.717, 1.165) is 22.5 Å². The molecule has 2 aromatic carbocycles. The molecule has 3 aromatic rings. The molecule has 3 rings (SSSR count). The van der Waals surface area contributed by atoms with Crippen molar-refractivity contribution < 1.29 is 4.79 Å². The van der Waals surface area contributed by atoms with Crippen molar-refractivity contribution in [1.29, 1.82) is 0 Å². The standard InChI is InChI=1S/C20H20N4O/c1-14-8-7-9-15(2)19(14)23-20(25)17-12-18(22-13-21-17)24(3)16-10-5-4-6-11-16/h4-13H,1-3H3,(H,23,25). The fraction of sp³-hybridized carbons (Fsp3) is 0.150. The summed E-state index contributed by atoms with van der Waals surface area (Å²) >= 11 is 0. The monoisotopic (exact) mass is 332 g/mol. The highest BCUT2D eigenvalue weighted by Crippen LogP contribution is 2.23. The van der Waals surface area contributed by atoms with Gasteiger partial charge in [-0.05, 0) is 37.1 Å². The van der Waals surface area contributed by atoms with E-state index < -0.39 is 0 Å². The smallest absolute Gasteiger partial charge is 0.274 e. The third-order valence-electron chi connectivity index (χ3n) is 4.09. The zero-order valence-corrected chi connectivity index (χ0v) is 14.5. The second-order valence-electron chi connectivity index (χ2n) is 5.88. The molecule has 5 nitrogen and oxygen atoms in total. The quantitative estimate of drug-likeness (QED) is 0.781. The van der Waals surface area contributed by atoms with Crippen molar-refractivity contribution in [2.75, 3.05) is 17.3 Å². The van der Waals surface area contributed by atoms with Gasteiger partial charge < -0.3 is 10.2 Å². The average molecular weight is 332 g/mol. The van der Waals surface area contributed by atoms with Crippen LogP contribution in [0.5, 0.6) is 0 Å². The van der Waals surface area contributed by atoms with Crippen LogP contribution in [0.25, 0.3) is 0 Å². The molecule has 0 atom stereocenters. The van der Waals surface area contributed by atoms with Crippen LogP contribution >= 0.6 is 0 Å². The van der Waals surface area contributed by atoms with E-state index in [9.17, 15) is 4.79 Å². The van der Waals surface area contributed by atoms with Gasteiger partial charge in [-0.1, -0.05) is 36.4 Å². The molecule has 0 saturated carbocycles. The molecule has 1 N–H and O–H groups in total. The molecule has 1 heterocycles. The van der Waals surface area contributed by atoms with Crippen molar-refractivity contribution in [1.82, 2.24) is 9.97 Å². The first-order valence-electron chi connectivity index (χ1n) is 8.04. The van der Waals surface area contributed by atoms with Gasteiger partial charge in [-0.15, -0.1) is 0 Å². The topological polar surface area (TPSA) is 58.1 Å². The summed E-state index contributed by atoms with van der Waals surface area (Å²) in [4.78, 5) is 22.9. The van der Waals surface area contributed by atoms with Crippen molar-refractivity contribution >= 4 is 23.1 Å². The molecule has 0 aliphatic rings. The van der Waals surface area contributed by atoms with Crippen molar-refractivity contribution in [3.8, 4) is 0 Å². The molecule has 1 amide bonds. The average Bonchev–Trinajstić information content (AvgIpc) is 2.65. The molecule has 0 aliphatic heterocycles. The van der Waals surface area contributed by atoms with Crippen LogP contribution in [0.3, 0.4) is 0 Å². The predicted molar refractivity (Wildman–Crippen MR) is 100 cm³/mol. The second-order valence-corrected chi connectivity index (χ2v) is 5.88. The van der Waals surface area contributed by atoms with Gasteiger partial charge in [0, 0.05) is 24.5 Å². The molecule has 0 radical (unpaired) electrons. The number of carbonyl (C=O) groups excluding carboxylic acids is 1. The number of nitrogens with one attached hydrogen (secondary N) is 1. The minimum absolute atomic E-state index is 0.248. The van der Waals surface area contributed by atoms with Gasteiger partial charge in [0.2, 0.25) is 0 Å². The molecule has 25 heavy (non-hydrogen) atoms. The Kier molecular flexibility index (Phi) is 4.75. The maximum absolute atomic E-state index is 12.6. The van der Waals surface area contributed by atoms with Crippen LogP contribution in [0.1, 0.15) is 21.6 Å². The van der Waals surface area contributed by atoms with Crippen molar-refractivity contribution in [2.24, 2.45) is 0 Å². The second kappa shape index (κ2) is 7.13. The lowest BCUT2D eigenvalue weighted by atomic mass is 10.1. The summed E-state index contributed by atoms with van der Waals surface area (Å²) in [5, 5.41) is 2.95. The number of para-hydroxylation sites is 2. The fourth-order valence-corrected chi connectivity index (χ4v) is 2.63. The van der Waals surface area contributed by atoms with Crippen molar-refractivity contribution in [3.63, 3.8) is 0 Å². The van der Waals surface area contributed by atoms with Gasteiger partial charge in [0.05, 0.1) is 0 Å². The summed E-state index contributed by atoms with van der Waals surface area (Å²) < 4.78 is 0. The summed E-state index contributed by atoms with van der Waals surface area (Å²) in [6, 6.07) is 17.4. The van der Waals surface area contributed by atoms with E-state index >= 15 is 0 Å². The summed E-state index contributed by atoms with van der Waals surface area (Å²) in [7, 11) is 1.91. The number of rotatable bonds is 4. The number of aromatic nitrogens is 2. The number of carbonyl (C=O) groups is 1. The number of nitrogens with zero attached hydrogens (tertiary/aromatic N) is 3. The number of amides is 1. The van der Waals surface area contributed by atoms with E-state index in [0.29, 0.717) is 11.5 Å². The fourth-order valence-electron chi connectivity index (χ4n) is 2.63. The lowest BCUT2D eigenvalue weighted by molar-refractivity contribution is 0.102. The molecular formula is C20H20N4O. The van der Waals surface area contributed by atoms with Crippen LogP contribution in [-0.2, 0) is 0 Å². The highest BCUT2D eigenvalue weighted by Gasteiger charge is 2.14. The summed E-state index contributed by atoms with van der Waals surface area (Å²) in [6.07, 6.45) is 1.41. The zero-order valence-electron chi connectivity index (χ0n) is 14.5. The summed E-state index contributed by atoms with van der Waals surface area (Å²) in [6.45, 7) is 3.94. The maximum Gasteiger partial charge on any atom is 0.274 e. The molecule has 0 aliphatic carbocycles. The van der Waals surface area contributed by atoms with Crippen LogP contribution in [-0.4, -0.2) is 22.9 Å². The molecule has 0 bridgehead atoms. The molecule has 0 saturated heterocycles. The van der Waals surface area contributed by atoms with Crippen molar-refractivity contribution in [2.45, 2.75) is 13.8 Å². The molecule has 0 unspecified atom stereocenters. The highest BCUT2D eigenvalue weighted by atomic mass is 16.1. The van der Waals surface area contributed by atoms with Crippen LogP contribution in [0, 0.1) is 13.8 Å².